The van der Waals surface area contributed by atoms with Crippen molar-refractivity contribution < 1.29 is 23.1 Å². The number of anilines is 1. The molecule has 1 aliphatic rings. The van der Waals surface area contributed by atoms with Crippen LogP contribution >= 0.6 is 0 Å². The van der Waals surface area contributed by atoms with E-state index in [1.54, 1.807) is 35.3 Å². The highest BCUT2D eigenvalue weighted by atomic mass is 19.1. The summed E-state index contributed by atoms with van der Waals surface area (Å²) in [5, 5.41) is 3.47. The Morgan fingerprint density at radius 2 is 1.94 bits per heavy atom. The molecule has 1 saturated heterocycles. The molecular weight excluding hydrogens is 463 g/mol. The number of furan rings is 1. The Labute approximate surface area is 207 Å². The van der Waals surface area contributed by atoms with Crippen LogP contribution in [0.1, 0.15) is 23.0 Å². The van der Waals surface area contributed by atoms with Crippen LogP contribution in [0.25, 0.3) is 11.1 Å². The number of carbonyl (C=O) groups is 2. The minimum absolute atomic E-state index is 0.131. The van der Waals surface area contributed by atoms with E-state index in [4.69, 9.17) is 9.15 Å². The molecule has 8 nitrogen and oxygen atoms in total. The lowest BCUT2D eigenvalue weighted by Crippen LogP contribution is -2.56. The van der Waals surface area contributed by atoms with Crippen LogP contribution in [0, 0.1) is 5.82 Å². The van der Waals surface area contributed by atoms with Gasteiger partial charge in [-0.3, -0.25) is 4.79 Å². The van der Waals surface area contributed by atoms with Crippen molar-refractivity contribution in [1.29, 1.82) is 0 Å². The number of nitrogens with zero attached hydrogens (tertiary/aromatic N) is 3. The maximum absolute atomic E-state index is 14.0. The zero-order valence-corrected chi connectivity index (χ0v) is 20.1. The van der Waals surface area contributed by atoms with Crippen LogP contribution in [-0.4, -0.2) is 59.1 Å². The van der Waals surface area contributed by atoms with E-state index in [-0.39, 0.29) is 17.6 Å². The second-order valence-corrected chi connectivity index (χ2v) is 8.85. The molecule has 1 atom stereocenters. The quantitative estimate of drug-likeness (QED) is 0.436. The van der Waals surface area contributed by atoms with Crippen molar-refractivity contribution in [2.24, 2.45) is 0 Å². The lowest BCUT2D eigenvalue weighted by Gasteiger charge is -2.39. The Bertz CT molecular complexity index is 1410. The molecule has 0 radical (unpaired) electrons. The van der Waals surface area contributed by atoms with E-state index >= 15 is 0 Å². The molecule has 4 aromatic rings. The molecule has 0 spiro atoms. The molecule has 1 unspecified atom stereocenters. The fourth-order valence-corrected chi connectivity index (χ4v) is 4.62. The number of piperazine rings is 1. The summed E-state index contributed by atoms with van der Waals surface area (Å²) in [5.74, 6) is 0.112. The van der Waals surface area contributed by atoms with Gasteiger partial charge in [0.1, 0.15) is 17.3 Å². The molecule has 2 aromatic heterocycles. The number of amides is 3. The van der Waals surface area contributed by atoms with Gasteiger partial charge in [0.2, 0.25) is 5.71 Å². The number of para-hydroxylation sites is 1. The van der Waals surface area contributed by atoms with Crippen molar-refractivity contribution in [1.82, 2.24) is 14.4 Å². The third kappa shape index (κ3) is 4.51. The first-order valence-electron chi connectivity index (χ1n) is 11.8. The maximum Gasteiger partial charge on any atom is 0.322 e. The number of methoxy groups -OCH3 is 1. The topological polar surface area (TPSA) is 80.0 Å². The van der Waals surface area contributed by atoms with Crippen LogP contribution in [0.2, 0.25) is 0 Å². The van der Waals surface area contributed by atoms with Gasteiger partial charge in [0, 0.05) is 31.1 Å². The summed E-state index contributed by atoms with van der Waals surface area (Å²) in [6.07, 6.45) is 1.61. The molecule has 0 saturated carbocycles. The van der Waals surface area contributed by atoms with E-state index in [9.17, 15) is 14.0 Å². The van der Waals surface area contributed by atoms with E-state index in [1.165, 1.54) is 12.1 Å². The second kappa shape index (κ2) is 9.77. The van der Waals surface area contributed by atoms with Gasteiger partial charge in [-0.2, -0.15) is 0 Å². The van der Waals surface area contributed by atoms with Crippen molar-refractivity contribution in [3.8, 4) is 5.75 Å². The summed E-state index contributed by atoms with van der Waals surface area (Å²) in [6, 6.07) is 16.8. The highest BCUT2D eigenvalue weighted by Gasteiger charge is 2.32. The predicted octanol–water partition coefficient (Wildman–Crippen LogP) is 4.81. The Morgan fingerprint density at radius 3 is 2.72 bits per heavy atom. The smallest absolute Gasteiger partial charge is 0.322 e. The zero-order chi connectivity index (χ0) is 25.2. The zero-order valence-electron chi connectivity index (χ0n) is 20.1. The van der Waals surface area contributed by atoms with Crippen molar-refractivity contribution in [2.75, 3.05) is 32.1 Å². The number of fused-ring (bicyclic) bond motifs is 1. The highest BCUT2D eigenvalue weighted by molar-refractivity contribution is 5.98. The number of carbonyl (C=O) groups excluding carboxylic acids is 2. The van der Waals surface area contributed by atoms with E-state index in [0.29, 0.717) is 37.6 Å². The summed E-state index contributed by atoms with van der Waals surface area (Å²) >= 11 is 0. The van der Waals surface area contributed by atoms with Crippen LogP contribution in [0.4, 0.5) is 14.9 Å². The van der Waals surface area contributed by atoms with Gasteiger partial charge in [0.15, 0.2) is 0 Å². The minimum Gasteiger partial charge on any atom is -0.497 e. The highest BCUT2D eigenvalue weighted by Crippen LogP contribution is 2.26. The van der Waals surface area contributed by atoms with Crippen molar-refractivity contribution in [3.63, 3.8) is 0 Å². The molecule has 9 heteroatoms. The number of aromatic nitrogens is 1. The van der Waals surface area contributed by atoms with Gasteiger partial charge in [-0.05, 0) is 48.9 Å². The summed E-state index contributed by atoms with van der Waals surface area (Å²) in [5.41, 5.74) is 2.24. The van der Waals surface area contributed by atoms with E-state index in [1.807, 2.05) is 47.9 Å². The van der Waals surface area contributed by atoms with Gasteiger partial charge in [0.05, 0.1) is 25.6 Å². The van der Waals surface area contributed by atoms with Crippen LogP contribution in [0.3, 0.4) is 0 Å². The summed E-state index contributed by atoms with van der Waals surface area (Å²) in [6.45, 7) is 3.37. The molecule has 1 N–H and O–H groups in total. The fraction of sp³-hybridized carbons (Fsp3) is 0.259. The van der Waals surface area contributed by atoms with Crippen molar-refractivity contribution in [2.45, 2.75) is 19.5 Å². The third-order valence-electron chi connectivity index (χ3n) is 6.49. The Balaban J connectivity index is 1.33. The summed E-state index contributed by atoms with van der Waals surface area (Å²) in [7, 11) is 1.62. The van der Waals surface area contributed by atoms with Gasteiger partial charge in [0.25, 0.3) is 5.91 Å². The van der Waals surface area contributed by atoms with Crippen molar-refractivity contribution in [3.05, 3.63) is 84.0 Å². The number of benzene rings is 2. The largest absolute Gasteiger partial charge is 0.497 e. The fourth-order valence-electron chi connectivity index (χ4n) is 4.62. The van der Waals surface area contributed by atoms with Crippen LogP contribution in [-0.2, 0) is 6.54 Å². The first kappa shape index (κ1) is 23.5. The molecule has 5 rings (SSSR count). The van der Waals surface area contributed by atoms with Gasteiger partial charge < -0.3 is 28.8 Å². The molecular formula is C27H27FN4O4. The molecule has 0 aliphatic carbocycles. The third-order valence-corrected chi connectivity index (χ3v) is 6.49. The number of nitrogens with one attached hydrogen (secondary N) is 1. The van der Waals surface area contributed by atoms with Gasteiger partial charge in [-0.15, -0.1) is 0 Å². The van der Waals surface area contributed by atoms with Gasteiger partial charge in [-0.25, -0.2) is 9.18 Å². The number of rotatable bonds is 5. The Hall–Kier alpha value is -4.27. The van der Waals surface area contributed by atoms with Crippen LogP contribution in [0.5, 0.6) is 5.75 Å². The van der Waals surface area contributed by atoms with Crippen LogP contribution < -0.4 is 10.1 Å². The monoisotopic (exact) mass is 490 g/mol. The Morgan fingerprint density at radius 1 is 1.11 bits per heavy atom. The second-order valence-electron chi connectivity index (χ2n) is 8.85. The normalized spacial score (nSPS) is 15.8. The molecule has 2 aromatic carbocycles. The number of urea groups is 1. The van der Waals surface area contributed by atoms with E-state index in [0.717, 1.165) is 16.7 Å². The summed E-state index contributed by atoms with van der Waals surface area (Å²) in [4.78, 5) is 29.8. The number of halogens is 1. The van der Waals surface area contributed by atoms with Gasteiger partial charge >= 0.3 is 6.03 Å². The summed E-state index contributed by atoms with van der Waals surface area (Å²) < 4.78 is 26.9. The number of hydrogen-bond acceptors (Lipinski definition) is 4. The Kier molecular flexibility index (Phi) is 6.37. The average molecular weight is 491 g/mol. The molecule has 3 amide bonds. The van der Waals surface area contributed by atoms with E-state index in [2.05, 4.69) is 5.32 Å². The molecule has 1 fully saturated rings. The van der Waals surface area contributed by atoms with Gasteiger partial charge in [-0.1, -0.05) is 24.3 Å². The molecule has 36 heavy (non-hydrogen) atoms. The van der Waals surface area contributed by atoms with E-state index < -0.39 is 11.8 Å². The average Bonchev–Trinajstić information content (AvgIpc) is 3.47. The number of hydrogen-bond donors (Lipinski definition) is 1. The predicted molar refractivity (Wildman–Crippen MR) is 134 cm³/mol. The number of ether oxygens (including phenoxy) is 1. The maximum atomic E-state index is 14.0. The SMILES string of the molecule is COc1cccc(Cn2c(C(=O)N3CCN(C(=O)Nc4ccccc4F)C(C)C3)cc3ccoc32)c1. The first-order chi connectivity index (χ1) is 17.4. The van der Waals surface area contributed by atoms with Crippen LogP contribution in [0.15, 0.2) is 71.3 Å². The standard InChI is InChI=1S/C27H27FN4O4/c1-18-16-30(11-12-31(18)27(34)29-23-9-4-3-8-22(23)28)25(33)24-15-20-10-13-36-26(20)32(24)17-19-6-5-7-21(14-19)35-2/h3-10,13-15,18H,11-12,16-17H2,1-2H3,(H,29,34). The minimum atomic E-state index is -0.492. The molecule has 1 aliphatic heterocycles. The van der Waals surface area contributed by atoms with Crippen molar-refractivity contribution >= 4 is 28.7 Å². The molecule has 186 valence electrons. The lowest BCUT2D eigenvalue weighted by atomic mass is 10.1. The molecule has 3 heterocycles. The molecule has 0 bridgehead atoms. The lowest BCUT2D eigenvalue weighted by molar-refractivity contribution is 0.0582. The first-order valence-corrected chi connectivity index (χ1v) is 11.8.